The molecule has 3 rings (SSSR count). The Kier molecular flexibility index (Phi) is 2.66. The largest absolute Gasteiger partial charge is 0.339 e. The number of rotatable bonds is 1. The minimum absolute atomic E-state index is 0.0356. The number of likely N-dealkylation sites (tertiary alicyclic amines) is 1. The number of amides is 1. The highest BCUT2D eigenvalue weighted by Gasteiger charge is 2.48. The van der Waals surface area contributed by atoms with Crippen LogP contribution in [-0.4, -0.2) is 36.5 Å². The van der Waals surface area contributed by atoms with Gasteiger partial charge in [0.25, 0.3) is 0 Å². The van der Waals surface area contributed by atoms with Crippen molar-refractivity contribution >= 4 is 5.91 Å². The molecule has 1 N–H and O–H groups in total. The number of nitrogens with one attached hydrogen (secondary N) is 1. The molecule has 0 unspecified atom stereocenters. The summed E-state index contributed by atoms with van der Waals surface area (Å²) >= 11 is 0. The Hall–Kier alpha value is -0.570. The van der Waals surface area contributed by atoms with Gasteiger partial charge in [-0.05, 0) is 45.2 Å². The van der Waals surface area contributed by atoms with Crippen molar-refractivity contribution in [2.45, 2.75) is 51.0 Å². The quantitative estimate of drug-likeness (QED) is 0.730. The van der Waals surface area contributed by atoms with Crippen LogP contribution in [0, 0.1) is 5.41 Å². The van der Waals surface area contributed by atoms with Gasteiger partial charge in [-0.25, -0.2) is 0 Å². The van der Waals surface area contributed by atoms with Crippen molar-refractivity contribution in [2.75, 3.05) is 19.6 Å². The van der Waals surface area contributed by atoms with Crippen molar-refractivity contribution in [3.05, 3.63) is 0 Å². The lowest BCUT2D eigenvalue weighted by atomic mass is 9.77. The Morgan fingerprint density at radius 2 is 1.81 bits per heavy atom. The fraction of sp³-hybridized carbons (Fsp3) is 0.923. The van der Waals surface area contributed by atoms with Gasteiger partial charge in [-0.15, -0.1) is 0 Å². The molecule has 2 heterocycles. The van der Waals surface area contributed by atoms with E-state index in [1.54, 1.807) is 0 Å². The van der Waals surface area contributed by atoms with Crippen LogP contribution < -0.4 is 5.32 Å². The maximum absolute atomic E-state index is 12.6. The summed E-state index contributed by atoms with van der Waals surface area (Å²) in [5.74, 6) is 0.487. The van der Waals surface area contributed by atoms with Crippen molar-refractivity contribution in [1.29, 1.82) is 0 Å². The second-order valence-corrected chi connectivity index (χ2v) is 5.72. The molecule has 2 aliphatic heterocycles. The summed E-state index contributed by atoms with van der Waals surface area (Å²) in [6.45, 7) is 3.10. The van der Waals surface area contributed by atoms with Gasteiger partial charge in [-0.1, -0.05) is 12.8 Å². The molecule has 3 aliphatic rings. The molecule has 1 amide bonds. The second kappa shape index (κ2) is 4.02. The minimum atomic E-state index is 0.0356. The molecule has 1 spiro atoms. The number of hydrogen-bond acceptors (Lipinski definition) is 2. The lowest BCUT2D eigenvalue weighted by molar-refractivity contribution is -0.139. The van der Waals surface area contributed by atoms with Crippen molar-refractivity contribution in [3.63, 3.8) is 0 Å². The van der Waals surface area contributed by atoms with Gasteiger partial charge in [0.2, 0.25) is 5.91 Å². The Labute approximate surface area is 97.6 Å². The zero-order valence-electron chi connectivity index (χ0n) is 10.0. The van der Waals surface area contributed by atoms with Crippen LogP contribution in [0.3, 0.4) is 0 Å². The van der Waals surface area contributed by atoms with Gasteiger partial charge in [0, 0.05) is 12.6 Å². The predicted octanol–water partition coefficient (Wildman–Crippen LogP) is 1.53. The highest BCUT2D eigenvalue weighted by Crippen LogP contribution is 2.42. The summed E-state index contributed by atoms with van der Waals surface area (Å²) in [5, 5.41) is 3.37. The van der Waals surface area contributed by atoms with E-state index in [1.807, 2.05) is 0 Å². The molecule has 16 heavy (non-hydrogen) atoms. The Bertz CT molecular complexity index is 278. The monoisotopic (exact) mass is 222 g/mol. The number of carbonyl (C=O) groups excluding carboxylic acids is 1. The second-order valence-electron chi connectivity index (χ2n) is 5.72. The van der Waals surface area contributed by atoms with Crippen LogP contribution in [0.15, 0.2) is 0 Å². The van der Waals surface area contributed by atoms with Crippen molar-refractivity contribution < 1.29 is 4.79 Å². The summed E-state index contributed by atoms with van der Waals surface area (Å²) in [4.78, 5) is 14.8. The van der Waals surface area contributed by atoms with E-state index in [9.17, 15) is 4.79 Å². The zero-order valence-corrected chi connectivity index (χ0v) is 10.0. The van der Waals surface area contributed by atoms with Gasteiger partial charge in [-0.3, -0.25) is 4.79 Å². The lowest BCUT2D eigenvalue weighted by Crippen LogP contribution is -2.44. The molecule has 1 aliphatic carbocycles. The van der Waals surface area contributed by atoms with Crippen molar-refractivity contribution in [2.24, 2.45) is 5.41 Å². The highest BCUT2D eigenvalue weighted by molar-refractivity contribution is 5.85. The van der Waals surface area contributed by atoms with E-state index in [1.165, 1.54) is 25.7 Å². The third-order valence-corrected chi connectivity index (χ3v) is 4.87. The van der Waals surface area contributed by atoms with Crippen LogP contribution in [0.2, 0.25) is 0 Å². The molecule has 0 aromatic carbocycles. The highest BCUT2D eigenvalue weighted by atomic mass is 16.2. The summed E-state index contributed by atoms with van der Waals surface area (Å²) in [6, 6.07) is 0.585. The molecule has 3 nitrogen and oxygen atoms in total. The van der Waals surface area contributed by atoms with Crippen LogP contribution in [0.1, 0.15) is 44.9 Å². The molecule has 0 bridgehead atoms. The lowest BCUT2D eigenvalue weighted by Gasteiger charge is -2.33. The topological polar surface area (TPSA) is 32.3 Å². The first-order chi connectivity index (χ1) is 7.82. The summed E-state index contributed by atoms with van der Waals surface area (Å²) in [6.07, 6.45) is 8.39. The van der Waals surface area contributed by atoms with Crippen molar-refractivity contribution in [1.82, 2.24) is 10.2 Å². The summed E-state index contributed by atoms with van der Waals surface area (Å²) in [7, 11) is 0. The maximum atomic E-state index is 12.6. The van der Waals surface area contributed by atoms with Gasteiger partial charge < -0.3 is 10.2 Å². The number of nitrogens with zero attached hydrogens (tertiary/aromatic N) is 1. The molecular formula is C13H22N2O. The Balaban J connectivity index is 1.73. The van der Waals surface area contributed by atoms with Crippen LogP contribution in [0.5, 0.6) is 0 Å². The van der Waals surface area contributed by atoms with Crippen LogP contribution in [0.25, 0.3) is 0 Å². The molecule has 1 saturated carbocycles. The van der Waals surface area contributed by atoms with E-state index >= 15 is 0 Å². The minimum Gasteiger partial charge on any atom is -0.339 e. The molecule has 0 atom stereocenters. The van der Waals surface area contributed by atoms with E-state index in [-0.39, 0.29) is 5.41 Å². The van der Waals surface area contributed by atoms with E-state index in [0.29, 0.717) is 11.9 Å². The van der Waals surface area contributed by atoms with Gasteiger partial charge in [0.15, 0.2) is 0 Å². The Morgan fingerprint density at radius 3 is 2.50 bits per heavy atom. The van der Waals surface area contributed by atoms with E-state index in [4.69, 9.17) is 0 Å². The standard InChI is InChI=1S/C13H22N2O/c16-12-13(5-8-14-9-6-13)7-10-15(12)11-3-1-2-4-11/h11,14H,1-10H2. The van der Waals surface area contributed by atoms with E-state index in [2.05, 4.69) is 10.2 Å². The smallest absolute Gasteiger partial charge is 0.229 e. The molecular weight excluding hydrogens is 200 g/mol. The Morgan fingerprint density at radius 1 is 1.12 bits per heavy atom. The zero-order chi connectivity index (χ0) is 11.0. The van der Waals surface area contributed by atoms with Gasteiger partial charge in [-0.2, -0.15) is 0 Å². The normalized spacial score (nSPS) is 30.5. The first kappa shape index (κ1) is 10.6. The van der Waals surface area contributed by atoms with Gasteiger partial charge in [0.1, 0.15) is 0 Å². The van der Waals surface area contributed by atoms with Gasteiger partial charge >= 0.3 is 0 Å². The van der Waals surface area contributed by atoms with Crippen LogP contribution in [0.4, 0.5) is 0 Å². The number of hydrogen-bond donors (Lipinski definition) is 1. The fourth-order valence-corrected chi connectivity index (χ4v) is 3.78. The first-order valence-corrected chi connectivity index (χ1v) is 6.84. The van der Waals surface area contributed by atoms with Gasteiger partial charge in [0.05, 0.1) is 5.41 Å². The van der Waals surface area contributed by atoms with E-state index in [0.717, 1.165) is 38.9 Å². The predicted molar refractivity (Wildman–Crippen MR) is 63.1 cm³/mol. The van der Waals surface area contributed by atoms with E-state index < -0.39 is 0 Å². The maximum Gasteiger partial charge on any atom is 0.229 e. The first-order valence-electron chi connectivity index (χ1n) is 6.84. The number of piperidine rings is 1. The molecule has 2 saturated heterocycles. The average Bonchev–Trinajstić information content (AvgIpc) is 2.92. The van der Waals surface area contributed by atoms with Crippen molar-refractivity contribution in [3.8, 4) is 0 Å². The van der Waals surface area contributed by atoms with Crippen LogP contribution >= 0.6 is 0 Å². The molecule has 0 aromatic rings. The average molecular weight is 222 g/mol. The molecule has 3 fully saturated rings. The van der Waals surface area contributed by atoms with Crippen LogP contribution in [-0.2, 0) is 4.79 Å². The SMILES string of the molecule is O=C1N(C2CCCC2)CCC12CCNCC2. The molecule has 0 aromatic heterocycles. The third-order valence-electron chi connectivity index (χ3n) is 4.87. The third kappa shape index (κ3) is 1.56. The molecule has 0 radical (unpaired) electrons. The molecule has 90 valence electrons. The fourth-order valence-electron chi connectivity index (χ4n) is 3.78. The molecule has 3 heteroatoms. The summed E-state index contributed by atoms with van der Waals surface area (Å²) in [5.41, 5.74) is 0.0356. The number of carbonyl (C=O) groups is 1. The summed E-state index contributed by atoms with van der Waals surface area (Å²) < 4.78 is 0.